The quantitative estimate of drug-likeness (QED) is 0.503. The van der Waals surface area contributed by atoms with Gasteiger partial charge in [-0.2, -0.15) is 10.5 Å². The Hall–Kier alpha value is -2.34. The molecule has 0 rings (SSSR count). The van der Waals surface area contributed by atoms with E-state index < -0.39 is 11.9 Å². The first kappa shape index (κ1) is 13.7. The van der Waals surface area contributed by atoms with Gasteiger partial charge < -0.3 is 9.64 Å². The number of hydrogen-bond acceptors (Lipinski definition) is 5. The van der Waals surface area contributed by atoms with Gasteiger partial charge in [0, 0.05) is 13.1 Å². The smallest absolute Gasteiger partial charge is 0.326 e. The van der Waals surface area contributed by atoms with E-state index in [1.54, 1.807) is 19.1 Å². The van der Waals surface area contributed by atoms with Crippen LogP contribution in [0.3, 0.4) is 0 Å². The first-order valence-corrected chi connectivity index (χ1v) is 4.50. The molecule has 0 atom stereocenters. The van der Waals surface area contributed by atoms with E-state index in [9.17, 15) is 9.59 Å². The van der Waals surface area contributed by atoms with Crippen LogP contribution in [-0.4, -0.2) is 29.9 Å². The maximum absolute atomic E-state index is 11.1. The molecule has 0 aliphatic carbocycles. The van der Waals surface area contributed by atoms with E-state index in [4.69, 9.17) is 10.5 Å². The van der Waals surface area contributed by atoms with Crippen molar-refractivity contribution in [1.82, 2.24) is 4.90 Å². The summed E-state index contributed by atoms with van der Waals surface area (Å²) >= 11 is 0. The number of allylic oxidation sites excluding steroid dienone is 1. The van der Waals surface area contributed by atoms with Crippen molar-refractivity contribution >= 4 is 11.9 Å². The third-order valence-corrected chi connectivity index (χ3v) is 1.54. The summed E-state index contributed by atoms with van der Waals surface area (Å²) in [5.41, 5.74) is -0.250. The van der Waals surface area contributed by atoms with Gasteiger partial charge in [-0.25, -0.2) is 0 Å². The molecule has 0 N–H and O–H groups in total. The fourth-order valence-corrected chi connectivity index (χ4v) is 0.832. The third kappa shape index (κ3) is 4.77. The van der Waals surface area contributed by atoms with Crippen molar-refractivity contribution in [3.8, 4) is 12.1 Å². The van der Waals surface area contributed by atoms with Crippen LogP contribution in [0.4, 0.5) is 0 Å². The van der Waals surface area contributed by atoms with Gasteiger partial charge in [-0.05, 0) is 6.92 Å². The van der Waals surface area contributed by atoms with Crippen LogP contribution in [0.5, 0.6) is 0 Å². The molecule has 6 heteroatoms. The van der Waals surface area contributed by atoms with Crippen LogP contribution in [0, 0.1) is 22.7 Å². The van der Waals surface area contributed by atoms with Gasteiger partial charge in [0.25, 0.3) is 0 Å². The predicted molar refractivity (Wildman–Crippen MR) is 53.3 cm³/mol. The van der Waals surface area contributed by atoms with Crippen molar-refractivity contribution in [3.63, 3.8) is 0 Å². The van der Waals surface area contributed by atoms with E-state index >= 15 is 0 Å². The van der Waals surface area contributed by atoms with E-state index in [0.717, 1.165) is 11.1 Å². The lowest BCUT2D eigenvalue weighted by Crippen LogP contribution is -2.30. The molecular formula is C10H11N3O3. The van der Waals surface area contributed by atoms with Crippen molar-refractivity contribution in [2.45, 2.75) is 13.8 Å². The zero-order chi connectivity index (χ0) is 12.6. The molecule has 84 valence electrons. The fraction of sp³-hybridized carbons (Fsp3) is 0.400. The van der Waals surface area contributed by atoms with Crippen LogP contribution in [-0.2, 0) is 14.3 Å². The van der Waals surface area contributed by atoms with Crippen LogP contribution in [0.2, 0.25) is 0 Å². The summed E-state index contributed by atoms with van der Waals surface area (Å²) < 4.78 is 4.64. The summed E-state index contributed by atoms with van der Waals surface area (Å²) in [5.74, 6) is -1.04. The summed E-state index contributed by atoms with van der Waals surface area (Å²) in [7, 11) is 0. The molecule has 1 amide bonds. The van der Waals surface area contributed by atoms with Crippen LogP contribution in [0.1, 0.15) is 13.8 Å². The maximum Gasteiger partial charge on any atom is 0.326 e. The van der Waals surface area contributed by atoms with Gasteiger partial charge in [0.1, 0.15) is 24.3 Å². The van der Waals surface area contributed by atoms with E-state index in [0.29, 0.717) is 0 Å². The first-order chi connectivity index (χ1) is 7.54. The monoisotopic (exact) mass is 221 g/mol. The number of carbonyl (C=O) groups excluding carboxylic acids is 2. The minimum absolute atomic E-state index is 0.206. The van der Waals surface area contributed by atoms with Gasteiger partial charge in [0.05, 0.1) is 6.61 Å². The van der Waals surface area contributed by atoms with E-state index in [2.05, 4.69) is 4.74 Å². The largest absolute Gasteiger partial charge is 0.465 e. The molecule has 0 aliphatic heterocycles. The molecule has 16 heavy (non-hydrogen) atoms. The van der Waals surface area contributed by atoms with Gasteiger partial charge in [0.2, 0.25) is 5.91 Å². The Balaban J connectivity index is 4.73. The van der Waals surface area contributed by atoms with Crippen molar-refractivity contribution in [2.75, 3.05) is 13.2 Å². The SMILES string of the molecule is CCOC(=O)CN(C=C(C#N)C#N)C(C)=O. The van der Waals surface area contributed by atoms with Crippen LogP contribution in [0.25, 0.3) is 0 Å². The Morgan fingerprint density at radius 3 is 2.31 bits per heavy atom. The Morgan fingerprint density at radius 1 is 1.38 bits per heavy atom. The van der Waals surface area contributed by atoms with Crippen molar-refractivity contribution in [1.29, 1.82) is 10.5 Å². The maximum atomic E-state index is 11.1. The van der Waals surface area contributed by atoms with E-state index in [-0.39, 0.29) is 18.7 Å². The van der Waals surface area contributed by atoms with E-state index in [1.807, 2.05) is 0 Å². The van der Waals surface area contributed by atoms with Crippen molar-refractivity contribution < 1.29 is 14.3 Å². The molecule has 0 spiro atoms. The molecule has 0 radical (unpaired) electrons. The average molecular weight is 221 g/mol. The highest BCUT2D eigenvalue weighted by atomic mass is 16.5. The van der Waals surface area contributed by atoms with Crippen LogP contribution < -0.4 is 0 Å². The molecule has 0 aliphatic rings. The molecule has 0 saturated heterocycles. The second kappa shape index (κ2) is 7.02. The zero-order valence-electron chi connectivity index (χ0n) is 9.06. The number of hydrogen-bond donors (Lipinski definition) is 0. The molecular weight excluding hydrogens is 210 g/mol. The highest BCUT2D eigenvalue weighted by Gasteiger charge is 2.13. The second-order valence-electron chi connectivity index (χ2n) is 2.72. The molecule has 0 aromatic carbocycles. The summed E-state index contributed by atoms with van der Waals surface area (Å²) in [5, 5.41) is 17.0. The number of rotatable bonds is 4. The molecule has 0 aromatic heterocycles. The molecule has 6 nitrogen and oxygen atoms in total. The van der Waals surface area contributed by atoms with Gasteiger partial charge in [-0.15, -0.1) is 0 Å². The van der Waals surface area contributed by atoms with Crippen LogP contribution >= 0.6 is 0 Å². The average Bonchev–Trinajstić information content (AvgIpc) is 2.24. The number of ether oxygens (including phenoxy) is 1. The predicted octanol–water partition coefficient (Wildman–Crippen LogP) is 0.329. The van der Waals surface area contributed by atoms with Crippen molar-refractivity contribution in [2.24, 2.45) is 0 Å². The normalized spacial score (nSPS) is 8.25. The van der Waals surface area contributed by atoms with Gasteiger partial charge in [0.15, 0.2) is 0 Å². The number of amides is 1. The van der Waals surface area contributed by atoms with Crippen molar-refractivity contribution in [3.05, 3.63) is 11.8 Å². The van der Waals surface area contributed by atoms with Crippen LogP contribution in [0.15, 0.2) is 11.8 Å². The minimum Gasteiger partial charge on any atom is -0.465 e. The Labute approximate surface area is 93.3 Å². The Kier molecular flexibility index (Phi) is 5.99. The number of carbonyl (C=O) groups is 2. The first-order valence-electron chi connectivity index (χ1n) is 4.50. The lowest BCUT2D eigenvalue weighted by atomic mass is 10.3. The number of nitriles is 2. The molecule has 0 bridgehead atoms. The summed E-state index contributed by atoms with van der Waals surface area (Å²) in [6, 6.07) is 3.19. The zero-order valence-corrected chi connectivity index (χ0v) is 9.06. The topological polar surface area (TPSA) is 94.2 Å². The number of nitrogens with zero attached hydrogens (tertiary/aromatic N) is 3. The molecule has 0 aromatic rings. The molecule has 0 saturated carbocycles. The fourth-order valence-electron chi connectivity index (χ4n) is 0.832. The lowest BCUT2D eigenvalue weighted by molar-refractivity contribution is -0.146. The highest BCUT2D eigenvalue weighted by molar-refractivity contribution is 5.81. The highest BCUT2D eigenvalue weighted by Crippen LogP contribution is 1.98. The number of esters is 1. The molecule has 0 fully saturated rings. The van der Waals surface area contributed by atoms with Gasteiger partial charge in [-0.1, -0.05) is 0 Å². The summed E-state index contributed by atoms with van der Waals surface area (Å²) in [6.07, 6.45) is 1.03. The Bertz CT molecular complexity index is 371. The summed E-state index contributed by atoms with van der Waals surface area (Å²) in [4.78, 5) is 23.2. The lowest BCUT2D eigenvalue weighted by Gasteiger charge is -2.14. The second-order valence-corrected chi connectivity index (χ2v) is 2.72. The van der Waals surface area contributed by atoms with E-state index in [1.165, 1.54) is 6.92 Å². The van der Waals surface area contributed by atoms with Gasteiger partial charge in [-0.3, -0.25) is 9.59 Å². The standard InChI is InChI=1S/C10H11N3O3/c1-3-16-10(15)7-13(8(2)14)6-9(4-11)5-12/h6H,3,7H2,1-2H3. The molecule has 0 heterocycles. The molecule has 0 unspecified atom stereocenters. The van der Waals surface area contributed by atoms with Gasteiger partial charge >= 0.3 is 5.97 Å². The third-order valence-electron chi connectivity index (χ3n) is 1.54. The summed E-state index contributed by atoms with van der Waals surface area (Å²) in [6.45, 7) is 2.76. The minimum atomic E-state index is -0.593. The Morgan fingerprint density at radius 2 is 1.94 bits per heavy atom.